The zero-order valence-electron chi connectivity index (χ0n) is 14.6. The van der Waals surface area contributed by atoms with Crippen LogP contribution >= 0.6 is 0 Å². The number of rotatable bonds is 4. The van der Waals surface area contributed by atoms with Crippen molar-refractivity contribution in [2.24, 2.45) is 0 Å². The summed E-state index contributed by atoms with van der Waals surface area (Å²) in [6.07, 6.45) is -3.27. The third-order valence-corrected chi connectivity index (χ3v) is 4.08. The van der Waals surface area contributed by atoms with Crippen LogP contribution in [0.1, 0.15) is 41.0 Å². The molecule has 0 aromatic rings. The zero-order valence-corrected chi connectivity index (χ0v) is 14.6. The van der Waals surface area contributed by atoms with Gasteiger partial charge in [0.25, 0.3) is 0 Å². The van der Waals surface area contributed by atoms with Gasteiger partial charge in [0, 0.05) is 0 Å². The summed E-state index contributed by atoms with van der Waals surface area (Å²) in [7, 11) is 0. The first-order valence-electron chi connectivity index (χ1n) is 8.08. The van der Waals surface area contributed by atoms with Crippen LogP contribution in [0.3, 0.4) is 0 Å². The molecule has 3 rings (SSSR count). The lowest BCUT2D eigenvalue weighted by Crippen LogP contribution is -2.45. The Morgan fingerprint density at radius 1 is 1.04 bits per heavy atom. The number of esters is 1. The number of carbonyl (C=O) groups is 2. The van der Waals surface area contributed by atoms with Crippen molar-refractivity contribution in [1.82, 2.24) is 0 Å². The topological polar surface area (TPSA) is 89.5 Å². The van der Waals surface area contributed by atoms with Crippen LogP contribution in [0.4, 0.5) is 0 Å². The lowest BCUT2D eigenvalue weighted by atomic mass is 10.1. The average Bonchev–Trinajstić information content (AvgIpc) is 3.00. The molecule has 0 radical (unpaired) electrons. The molecule has 0 bridgehead atoms. The molecule has 0 spiro atoms. The van der Waals surface area contributed by atoms with E-state index in [4.69, 9.17) is 28.4 Å². The van der Waals surface area contributed by atoms with Crippen LogP contribution in [0.2, 0.25) is 0 Å². The number of fused-ring (bicyclic) bond motifs is 1. The summed E-state index contributed by atoms with van der Waals surface area (Å²) < 4.78 is 34.3. The van der Waals surface area contributed by atoms with Crippen LogP contribution in [0.15, 0.2) is 0 Å². The fourth-order valence-corrected chi connectivity index (χ4v) is 3.21. The largest absolute Gasteiger partial charge is 0.456 e. The van der Waals surface area contributed by atoms with E-state index >= 15 is 0 Å². The Morgan fingerprint density at radius 3 is 2.33 bits per heavy atom. The standard InChI is InChI=1S/C16H24O8/c1-8(17)6-10(18)20-12-11(9-7-19-15(2,3)22-9)21-14-13(12)23-16(4,5)24-14/h9,11-14H,6-7H2,1-5H3/t9-,11-,12+,13-,14+/m1/s1. The minimum atomic E-state index is -0.835. The second-order valence-electron chi connectivity index (χ2n) is 7.27. The smallest absolute Gasteiger partial charge is 0.313 e. The van der Waals surface area contributed by atoms with Crippen LogP contribution in [-0.4, -0.2) is 60.6 Å². The average molecular weight is 344 g/mol. The van der Waals surface area contributed by atoms with Crippen molar-refractivity contribution >= 4 is 11.8 Å². The predicted octanol–water partition coefficient (Wildman–Crippen LogP) is 0.905. The van der Waals surface area contributed by atoms with Crippen LogP contribution in [0.25, 0.3) is 0 Å². The van der Waals surface area contributed by atoms with E-state index in [9.17, 15) is 9.59 Å². The van der Waals surface area contributed by atoms with Gasteiger partial charge in [-0.25, -0.2) is 0 Å². The second kappa shape index (κ2) is 6.03. The molecular formula is C16H24O8. The highest BCUT2D eigenvalue weighted by molar-refractivity contribution is 5.94. The number of hydrogen-bond donors (Lipinski definition) is 0. The van der Waals surface area contributed by atoms with Crippen molar-refractivity contribution in [3.63, 3.8) is 0 Å². The molecule has 24 heavy (non-hydrogen) atoms. The highest BCUT2D eigenvalue weighted by atomic mass is 16.8. The van der Waals surface area contributed by atoms with Crippen LogP contribution < -0.4 is 0 Å². The van der Waals surface area contributed by atoms with Gasteiger partial charge in [-0.05, 0) is 34.6 Å². The maximum Gasteiger partial charge on any atom is 0.313 e. The van der Waals surface area contributed by atoms with Gasteiger partial charge in [-0.15, -0.1) is 0 Å². The number of ether oxygens (including phenoxy) is 6. The van der Waals surface area contributed by atoms with Gasteiger partial charge in [0.1, 0.15) is 24.4 Å². The molecule has 0 aliphatic carbocycles. The van der Waals surface area contributed by atoms with Crippen LogP contribution in [0.5, 0.6) is 0 Å². The maximum atomic E-state index is 12.0. The lowest BCUT2D eigenvalue weighted by Gasteiger charge is -2.28. The SMILES string of the molecule is CC(=O)CC(=O)O[C@@H]1[C@H]2OC(C)(C)O[C@@H]2O[C@@H]1[C@H]1COC(C)(C)O1. The first kappa shape index (κ1) is 17.8. The van der Waals surface area contributed by atoms with Gasteiger partial charge in [0.2, 0.25) is 0 Å². The molecule has 0 N–H and O–H groups in total. The summed E-state index contributed by atoms with van der Waals surface area (Å²) in [6.45, 7) is 8.76. The number of ketones is 1. The first-order chi connectivity index (χ1) is 11.1. The van der Waals surface area contributed by atoms with Crippen molar-refractivity contribution in [2.45, 2.75) is 83.3 Å². The number of Topliss-reactive ketones (excluding diaryl/α,β-unsaturated/α-hetero) is 1. The first-order valence-corrected chi connectivity index (χ1v) is 8.08. The van der Waals surface area contributed by atoms with E-state index in [1.807, 2.05) is 0 Å². The van der Waals surface area contributed by atoms with E-state index in [1.54, 1.807) is 27.7 Å². The van der Waals surface area contributed by atoms with Gasteiger partial charge >= 0.3 is 5.97 Å². The fourth-order valence-electron chi connectivity index (χ4n) is 3.21. The Morgan fingerprint density at radius 2 is 1.75 bits per heavy atom. The second-order valence-corrected chi connectivity index (χ2v) is 7.27. The van der Waals surface area contributed by atoms with Gasteiger partial charge in [0.05, 0.1) is 6.61 Å². The molecule has 0 aromatic carbocycles. The number of carbonyl (C=O) groups excluding carboxylic acids is 2. The van der Waals surface area contributed by atoms with E-state index < -0.39 is 48.2 Å². The molecule has 8 nitrogen and oxygen atoms in total. The molecule has 3 saturated heterocycles. The Balaban J connectivity index is 1.75. The normalized spacial score (nSPS) is 39.6. The Kier molecular flexibility index (Phi) is 4.46. The van der Waals surface area contributed by atoms with Crippen LogP contribution in [0, 0.1) is 0 Å². The van der Waals surface area contributed by atoms with Crippen LogP contribution in [-0.2, 0) is 38.0 Å². The quantitative estimate of drug-likeness (QED) is 0.549. The summed E-state index contributed by atoms with van der Waals surface area (Å²) in [6, 6.07) is 0. The van der Waals surface area contributed by atoms with E-state index in [2.05, 4.69) is 0 Å². The van der Waals surface area contributed by atoms with Crippen molar-refractivity contribution in [3.8, 4) is 0 Å². The van der Waals surface area contributed by atoms with Crippen molar-refractivity contribution in [1.29, 1.82) is 0 Å². The maximum absolute atomic E-state index is 12.0. The third kappa shape index (κ3) is 3.62. The van der Waals surface area contributed by atoms with Gasteiger partial charge in [0.15, 0.2) is 30.1 Å². The molecule has 136 valence electrons. The summed E-state index contributed by atoms with van der Waals surface area (Å²) >= 11 is 0. The van der Waals surface area contributed by atoms with Gasteiger partial charge < -0.3 is 28.4 Å². The summed E-state index contributed by atoms with van der Waals surface area (Å²) in [5.74, 6) is -2.45. The molecular weight excluding hydrogens is 320 g/mol. The molecule has 8 heteroatoms. The van der Waals surface area contributed by atoms with Gasteiger partial charge in [-0.3, -0.25) is 9.59 Å². The third-order valence-electron chi connectivity index (χ3n) is 4.08. The molecule has 0 amide bonds. The molecule has 0 saturated carbocycles. The highest BCUT2D eigenvalue weighted by Crippen LogP contribution is 2.42. The lowest BCUT2D eigenvalue weighted by molar-refractivity contribution is -0.235. The molecule has 5 atom stereocenters. The monoisotopic (exact) mass is 344 g/mol. The van der Waals surface area contributed by atoms with Gasteiger partial charge in [-0.2, -0.15) is 0 Å². The Labute approximate surface area is 140 Å². The van der Waals surface area contributed by atoms with E-state index in [1.165, 1.54) is 6.92 Å². The molecule has 0 unspecified atom stereocenters. The molecule has 3 aliphatic rings. The van der Waals surface area contributed by atoms with Crippen molar-refractivity contribution < 1.29 is 38.0 Å². The molecule has 3 fully saturated rings. The number of hydrogen-bond acceptors (Lipinski definition) is 8. The van der Waals surface area contributed by atoms with E-state index in [0.717, 1.165) is 0 Å². The molecule has 0 aromatic heterocycles. The molecule has 3 heterocycles. The predicted molar refractivity (Wildman–Crippen MR) is 78.8 cm³/mol. The fraction of sp³-hybridized carbons (Fsp3) is 0.875. The van der Waals surface area contributed by atoms with Crippen molar-refractivity contribution in [2.75, 3.05) is 6.61 Å². The highest BCUT2D eigenvalue weighted by Gasteiger charge is 2.60. The molecule has 3 aliphatic heterocycles. The van der Waals surface area contributed by atoms with E-state index in [0.29, 0.717) is 6.61 Å². The summed E-state index contributed by atoms with van der Waals surface area (Å²) in [5, 5.41) is 0. The summed E-state index contributed by atoms with van der Waals surface area (Å²) in [5.41, 5.74) is 0. The minimum absolute atomic E-state index is 0.266. The Hall–Kier alpha value is -1.06. The van der Waals surface area contributed by atoms with Gasteiger partial charge in [-0.1, -0.05) is 0 Å². The Bertz CT molecular complexity index is 528. The zero-order chi connectivity index (χ0) is 17.7. The minimum Gasteiger partial charge on any atom is -0.456 e. The summed E-state index contributed by atoms with van der Waals surface area (Å²) in [4.78, 5) is 23.1. The van der Waals surface area contributed by atoms with Crippen molar-refractivity contribution in [3.05, 3.63) is 0 Å². The van der Waals surface area contributed by atoms with E-state index in [-0.39, 0.29) is 12.2 Å².